The Labute approximate surface area is 144 Å². The van der Waals surface area contributed by atoms with Crippen molar-refractivity contribution in [1.82, 2.24) is 9.29 Å². The third kappa shape index (κ3) is 3.33. The van der Waals surface area contributed by atoms with Crippen LogP contribution >= 0.6 is 0 Å². The van der Waals surface area contributed by atoms with Gasteiger partial charge in [-0.25, -0.2) is 17.8 Å². The molecule has 0 radical (unpaired) electrons. The van der Waals surface area contributed by atoms with Crippen molar-refractivity contribution in [3.8, 4) is 0 Å². The van der Waals surface area contributed by atoms with Gasteiger partial charge in [-0.1, -0.05) is 12.1 Å². The first-order valence-corrected chi connectivity index (χ1v) is 9.09. The number of hydrogen-bond donors (Lipinski definition) is 1. The van der Waals surface area contributed by atoms with E-state index >= 15 is 0 Å². The minimum Gasteiger partial charge on any atom is -0.365 e. The van der Waals surface area contributed by atoms with Gasteiger partial charge in [-0.05, 0) is 24.3 Å². The third-order valence-electron chi connectivity index (χ3n) is 4.04. The lowest BCUT2D eigenvalue weighted by atomic mass is 10.2. The van der Waals surface area contributed by atoms with Crippen molar-refractivity contribution in [3.05, 3.63) is 54.0 Å². The fourth-order valence-corrected chi connectivity index (χ4v) is 4.26. The normalized spacial score (nSPS) is 16.0. The summed E-state index contributed by atoms with van der Waals surface area (Å²) >= 11 is 0. The molecule has 0 bridgehead atoms. The molecule has 0 unspecified atom stereocenters. The number of sulfonamides is 1. The fourth-order valence-electron chi connectivity index (χ4n) is 2.77. The van der Waals surface area contributed by atoms with Crippen molar-refractivity contribution in [2.24, 2.45) is 5.73 Å². The molecule has 1 aliphatic rings. The van der Waals surface area contributed by atoms with Crippen LogP contribution in [0.15, 0.2) is 47.5 Å². The lowest BCUT2D eigenvalue weighted by Crippen LogP contribution is -2.49. The molecule has 25 heavy (non-hydrogen) atoms. The number of nitrogens with zero attached hydrogens (tertiary/aromatic N) is 3. The van der Waals surface area contributed by atoms with E-state index in [1.165, 1.54) is 22.5 Å². The molecule has 2 N–H and O–H groups in total. The molecule has 1 fully saturated rings. The average Bonchev–Trinajstić information content (AvgIpc) is 2.62. The Balaban J connectivity index is 1.79. The Morgan fingerprint density at radius 2 is 1.76 bits per heavy atom. The molecule has 0 aliphatic carbocycles. The topological polar surface area (TPSA) is 96.6 Å². The summed E-state index contributed by atoms with van der Waals surface area (Å²) < 4.78 is 40.3. The fraction of sp³-hybridized carbons (Fsp3) is 0.250. The molecule has 1 aromatic heterocycles. The number of hydrogen-bond acceptors (Lipinski definition) is 5. The molecule has 1 aliphatic heterocycles. The Bertz CT molecular complexity index is 896. The molecule has 3 rings (SSSR count). The molecule has 1 aromatic carbocycles. The van der Waals surface area contributed by atoms with E-state index in [9.17, 15) is 17.6 Å². The summed E-state index contributed by atoms with van der Waals surface area (Å²) in [4.78, 5) is 17.2. The van der Waals surface area contributed by atoms with Crippen molar-refractivity contribution in [3.63, 3.8) is 0 Å². The predicted octanol–water partition coefficient (Wildman–Crippen LogP) is 0.830. The van der Waals surface area contributed by atoms with Crippen molar-refractivity contribution in [1.29, 1.82) is 0 Å². The Kier molecular flexibility index (Phi) is 4.69. The van der Waals surface area contributed by atoms with Gasteiger partial charge in [0.2, 0.25) is 10.0 Å². The van der Waals surface area contributed by atoms with Gasteiger partial charge in [-0.15, -0.1) is 0 Å². The molecule has 9 heteroatoms. The molecule has 1 saturated heterocycles. The van der Waals surface area contributed by atoms with Gasteiger partial charge in [0.15, 0.2) is 0 Å². The highest BCUT2D eigenvalue weighted by molar-refractivity contribution is 7.89. The summed E-state index contributed by atoms with van der Waals surface area (Å²) in [6.45, 7) is 0.965. The minimum absolute atomic E-state index is 0.158. The standard InChI is InChI=1S/C16H17FN4O3S/c17-13-5-1-2-6-14(13)25(23,24)21-10-8-20(9-11-21)16-12(15(18)22)4-3-7-19-16/h1-7H,8-11H2,(H2,18,22). The van der Waals surface area contributed by atoms with E-state index in [1.54, 1.807) is 23.2 Å². The van der Waals surface area contributed by atoms with Gasteiger partial charge in [-0.2, -0.15) is 4.31 Å². The quantitative estimate of drug-likeness (QED) is 0.867. The number of benzene rings is 1. The van der Waals surface area contributed by atoms with Crippen molar-refractivity contribution in [2.45, 2.75) is 4.90 Å². The van der Waals surface area contributed by atoms with Crippen LogP contribution in [0.1, 0.15) is 10.4 Å². The van der Waals surface area contributed by atoms with E-state index in [4.69, 9.17) is 5.73 Å². The first-order chi connectivity index (χ1) is 11.9. The number of carbonyl (C=O) groups is 1. The van der Waals surface area contributed by atoms with E-state index in [0.29, 0.717) is 18.9 Å². The second-order valence-corrected chi connectivity index (χ2v) is 7.47. The van der Waals surface area contributed by atoms with E-state index in [2.05, 4.69) is 4.98 Å². The predicted molar refractivity (Wildman–Crippen MR) is 90.1 cm³/mol. The lowest BCUT2D eigenvalue weighted by Gasteiger charge is -2.35. The van der Waals surface area contributed by atoms with Gasteiger partial charge in [0, 0.05) is 32.4 Å². The Morgan fingerprint density at radius 3 is 2.40 bits per heavy atom. The van der Waals surface area contributed by atoms with Crippen LogP contribution < -0.4 is 10.6 Å². The zero-order valence-corrected chi connectivity index (χ0v) is 14.1. The maximum Gasteiger partial charge on any atom is 0.252 e. The van der Waals surface area contributed by atoms with Gasteiger partial charge in [0.05, 0.1) is 5.56 Å². The summed E-state index contributed by atoms with van der Waals surface area (Å²) in [6.07, 6.45) is 1.55. The molecule has 0 spiro atoms. The Hall–Kier alpha value is -2.52. The second-order valence-electron chi connectivity index (χ2n) is 5.56. The molecular weight excluding hydrogens is 347 g/mol. The summed E-state index contributed by atoms with van der Waals surface area (Å²) in [5.74, 6) is -0.937. The number of rotatable bonds is 4. The maximum absolute atomic E-state index is 13.8. The molecule has 0 atom stereocenters. The first-order valence-electron chi connectivity index (χ1n) is 7.65. The summed E-state index contributed by atoms with van der Waals surface area (Å²) in [6, 6.07) is 8.49. The number of aromatic nitrogens is 1. The van der Waals surface area contributed by atoms with Crippen LogP contribution in [0.25, 0.3) is 0 Å². The van der Waals surface area contributed by atoms with Crippen molar-refractivity contribution in [2.75, 3.05) is 31.1 Å². The number of anilines is 1. The maximum atomic E-state index is 13.8. The number of carbonyl (C=O) groups excluding carboxylic acids is 1. The first kappa shape index (κ1) is 17.3. The van der Waals surface area contributed by atoms with E-state index < -0.39 is 21.7 Å². The van der Waals surface area contributed by atoms with Crippen LogP contribution in [0.4, 0.5) is 10.2 Å². The molecular formula is C16H17FN4O3S. The van der Waals surface area contributed by atoms with Gasteiger partial charge < -0.3 is 10.6 Å². The van der Waals surface area contributed by atoms with Crippen molar-refractivity contribution >= 4 is 21.7 Å². The van der Waals surface area contributed by atoms with Crippen LogP contribution in [0, 0.1) is 5.82 Å². The largest absolute Gasteiger partial charge is 0.365 e. The molecule has 2 heterocycles. The van der Waals surface area contributed by atoms with E-state index in [1.807, 2.05) is 0 Å². The van der Waals surface area contributed by atoms with E-state index in [-0.39, 0.29) is 23.5 Å². The monoisotopic (exact) mass is 364 g/mol. The zero-order chi connectivity index (χ0) is 18.0. The third-order valence-corrected chi connectivity index (χ3v) is 5.98. The van der Waals surface area contributed by atoms with Crippen LogP contribution in [0.5, 0.6) is 0 Å². The van der Waals surface area contributed by atoms with Gasteiger partial charge in [0.1, 0.15) is 16.5 Å². The second kappa shape index (κ2) is 6.77. The highest BCUT2D eigenvalue weighted by atomic mass is 32.2. The number of nitrogens with two attached hydrogens (primary N) is 1. The summed E-state index contributed by atoms with van der Waals surface area (Å²) in [5, 5.41) is 0. The minimum atomic E-state index is -3.91. The summed E-state index contributed by atoms with van der Waals surface area (Å²) in [7, 11) is -3.91. The van der Waals surface area contributed by atoms with Crippen LogP contribution in [0.3, 0.4) is 0 Å². The summed E-state index contributed by atoms with van der Waals surface area (Å²) in [5.41, 5.74) is 5.64. The smallest absolute Gasteiger partial charge is 0.252 e. The SMILES string of the molecule is NC(=O)c1cccnc1N1CCN(S(=O)(=O)c2ccccc2F)CC1. The number of amides is 1. The lowest BCUT2D eigenvalue weighted by molar-refractivity contribution is 0.1000. The highest BCUT2D eigenvalue weighted by Gasteiger charge is 2.31. The molecule has 132 valence electrons. The van der Waals surface area contributed by atoms with E-state index in [0.717, 1.165) is 6.07 Å². The molecule has 0 saturated carbocycles. The zero-order valence-electron chi connectivity index (χ0n) is 13.3. The van der Waals surface area contributed by atoms with Gasteiger partial charge >= 0.3 is 0 Å². The van der Waals surface area contributed by atoms with Crippen LogP contribution in [-0.4, -0.2) is 49.8 Å². The highest BCUT2D eigenvalue weighted by Crippen LogP contribution is 2.23. The van der Waals surface area contributed by atoms with Gasteiger partial charge in [-0.3, -0.25) is 4.79 Å². The number of halogens is 1. The van der Waals surface area contributed by atoms with Crippen molar-refractivity contribution < 1.29 is 17.6 Å². The molecule has 1 amide bonds. The Morgan fingerprint density at radius 1 is 1.08 bits per heavy atom. The molecule has 7 nitrogen and oxygen atoms in total. The van der Waals surface area contributed by atoms with Crippen LogP contribution in [-0.2, 0) is 10.0 Å². The van der Waals surface area contributed by atoms with Gasteiger partial charge in [0.25, 0.3) is 5.91 Å². The van der Waals surface area contributed by atoms with Crippen LogP contribution in [0.2, 0.25) is 0 Å². The average molecular weight is 364 g/mol. The number of pyridine rings is 1. The molecule has 2 aromatic rings. The number of primary amides is 1. The number of piperazine rings is 1.